The first kappa shape index (κ1) is 21.6. The fraction of sp³-hybridized carbons (Fsp3) is 0.591. The number of nitrogens with zero attached hydrogens (tertiary/aromatic N) is 4. The largest absolute Gasteiger partial charge is 0.357 e. The van der Waals surface area contributed by atoms with Crippen LogP contribution in [0.25, 0.3) is 0 Å². The lowest BCUT2D eigenvalue weighted by Gasteiger charge is -2.21. The molecule has 2 N–H and O–H groups in total. The molecule has 1 aliphatic rings. The van der Waals surface area contributed by atoms with Crippen LogP contribution >= 0.6 is 11.3 Å². The zero-order valence-corrected chi connectivity index (χ0v) is 18.6. The van der Waals surface area contributed by atoms with Gasteiger partial charge < -0.3 is 15.5 Å². The van der Waals surface area contributed by atoms with Crippen LogP contribution in [0.15, 0.2) is 29.5 Å². The molecular formula is C22H34N6S. The van der Waals surface area contributed by atoms with Crippen LogP contribution in [0.4, 0.5) is 5.82 Å². The molecule has 1 aliphatic heterocycles. The number of hydrogen-bond donors (Lipinski definition) is 2. The Bertz CT molecular complexity index is 747. The number of rotatable bonds is 8. The second-order valence-electron chi connectivity index (χ2n) is 7.37. The van der Waals surface area contributed by atoms with E-state index in [1.165, 1.54) is 35.6 Å². The Labute approximate surface area is 178 Å². The average molecular weight is 415 g/mol. The fourth-order valence-electron chi connectivity index (χ4n) is 3.42. The average Bonchev–Trinajstić information content (AvgIpc) is 3.04. The maximum absolute atomic E-state index is 4.72. The van der Waals surface area contributed by atoms with E-state index in [0.29, 0.717) is 6.54 Å². The van der Waals surface area contributed by atoms with Crippen LogP contribution in [0.2, 0.25) is 0 Å². The summed E-state index contributed by atoms with van der Waals surface area (Å²) < 4.78 is 0. The van der Waals surface area contributed by atoms with Gasteiger partial charge in [0.1, 0.15) is 5.82 Å². The van der Waals surface area contributed by atoms with Crippen LogP contribution < -0.4 is 15.5 Å². The molecule has 0 amide bonds. The van der Waals surface area contributed by atoms with Gasteiger partial charge in [-0.25, -0.2) is 15.0 Å². The standard InChI is InChI=1S/C22H34N6S/c1-3-19-17-26-21(29-19)11-12-24-22(23-4-2)27-16-18-9-10-20(25-15-18)28-13-7-5-6-8-14-28/h9-10,15,17H,3-8,11-14,16H2,1-2H3,(H2,23,24,27). The van der Waals surface area contributed by atoms with E-state index < -0.39 is 0 Å². The van der Waals surface area contributed by atoms with Crippen molar-refractivity contribution >= 4 is 23.1 Å². The highest BCUT2D eigenvalue weighted by Gasteiger charge is 2.10. The van der Waals surface area contributed by atoms with E-state index in [-0.39, 0.29) is 0 Å². The Hall–Kier alpha value is -2.15. The van der Waals surface area contributed by atoms with Gasteiger partial charge in [-0.1, -0.05) is 25.8 Å². The van der Waals surface area contributed by atoms with E-state index in [2.05, 4.69) is 51.5 Å². The molecule has 2 aromatic rings. The minimum atomic E-state index is 0.625. The molecule has 29 heavy (non-hydrogen) atoms. The Morgan fingerprint density at radius 1 is 1.07 bits per heavy atom. The third-order valence-corrected chi connectivity index (χ3v) is 6.29. The molecule has 3 heterocycles. The summed E-state index contributed by atoms with van der Waals surface area (Å²) in [6.45, 7) is 8.79. The smallest absolute Gasteiger partial charge is 0.191 e. The summed E-state index contributed by atoms with van der Waals surface area (Å²) in [5.74, 6) is 1.94. The maximum Gasteiger partial charge on any atom is 0.191 e. The number of thiazole rings is 1. The van der Waals surface area contributed by atoms with Crippen molar-refractivity contribution < 1.29 is 0 Å². The summed E-state index contributed by atoms with van der Waals surface area (Å²) >= 11 is 1.80. The van der Waals surface area contributed by atoms with Gasteiger partial charge in [0.2, 0.25) is 0 Å². The van der Waals surface area contributed by atoms with E-state index >= 15 is 0 Å². The summed E-state index contributed by atoms with van der Waals surface area (Å²) in [6, 6.07) is 4.30. The molecule has 0 saturated carbocycles. The number of guanidine groups is 1. The normalized spacial score (nSPS) is 15.2. The van der Waals surface area contributed by atoms with Crippen molar-refractivity contribution in [2.45, 2.75) is 58.9 Å². The number of pyridine rings is 1. The molecule has 0 bridgehead atoms. The Morgan fingerprint density at radius 2 is 1.90 bits per heavy atom. The van der Waals surface area contributed by atoms with Crippen LogP contribution in [0, 0.1) is 0 Å². The minimum absolute atomic E-state index is 0.625. The molecule has 0 unspecified atom stereocenters. The van der Waals surface area contributed by atoms with Crippen molar-refractivity contribution in [3.05, 3.63) is 40.0 Å². The highest BCUT2D eigenvalue weighted by atomic mass is 32.1. The lowest BCUT2D eigenvalue weighted by Crippen LogP contribution is -2.38. The lowest BCUT2D eigenvalue weighted by molar-refractivity contribution is 0.726. The van der Waals surface area contributed by atoms with E-state index in [0.717, 1.165) is 56.4 Å². The number of aliphatic imine (C=N–C) groups is 1. The van der Waals surface area contributed by atoms with Crippen LogP contribution in [-0.4, -0.2) is 42.1 Å². The van der Waals surface area contributed by atoms with Crippen molar-refractivity contribution in [1.29, 1.82) is 0 Å². The second kappa shape index (κ2) is 11.8. The molecule has 1 saturated heterocycles. The maximum atomic E-state index is 4.72. The third kappa shape index (κ3) is 6.99. The fourth-order valence-corrected chi connectivity index (χ4v) is 4.29. The highest BCUT2D eigenvalue weighted by Crippen LogP contribution is 2.17. The van der Waals surface area contributed by atoms with E-state index in [9.17, 15) is 0 Å². The summed E-state index contributed by atoms with van der Waals surface area (Å²) in [5, 5.41) is 7.91. The predicted molar refractivity (Wildman–Crippen MR) is 123 cm³/mol. The van der Waals surface area contributed by atoms with Gasteiger partial charge in [0, 0.05) is 49.9 Å². The number of aromatic nitrogens is 2. The molecule has 1 fully saturated rings. The van der Waals surface area contributed by atoms with Crippen LogP contribution in [0.3, 0.4) is 0 Å². The molecule has 6 nitrogen and oxygen atoms in total. The molecule has 0 aliphatic carbocycles. The molecule has 2 aromatic heterocycles. The van der Waals surface area contributed by atoms with E-state index in [1.807, 2.05) is 12.4 Å². The van der Waals surface area contributed by atoms with Gasteiger partial charge in [-0.2, -0.15) is 0 Å². The van der Waals surface area contributed by atoms with Crippen molar-refractivity contribution in [2.75, 3.05) is 31.1 Å². The monoisotopic (exact) mass is 414 g/mol. The first-order chi connectivity index (χ1) is 14.3. The van der Waals surface area contributed by atoms with Gasteiger partial charge in [-0.15, -0.1) is 11.3 Å². The van der Waals surface area contributed by atoms with E-state index in [1.54, 1.807) is 11.3 Å². The van der Waals surface area contributed by atoms with Gasteiger partial charge in [0.15, 0.2) is 5.96 Å². The van der Waals surface area contributed by atoms with Gasteiger partial charge in [-0.3, -0.25) is 0 Å². The molecule has 0 atom stereocenters. The molecule has 158 valence electrons. The Kier molecular flexibility index (Phi) is 8.74. The molecule has 0 spiro atoms. The predicted octanol–water partition coefficient (Wildman–Crippen LogP) is 3.78. The first-order valence-corrected chi connectivity index (χ1v) is 11.8. The van der Waals surface area contributed by atoms with Crippen LogP contribution in [0.1, 0.15) is 55.0 Å². The van der Waals surface area contributed by atoms with Gasteiger partial charge in [0.05, 0.1) is 11.6 Å². The van der Waals surface area contributed by atoms with Crippen LogP contribution in [-0.2, 0) is 19.4 Å². The third-order valence-electron chi connectivity index (χ3n) is 5.08. The topological polar surface area (TPSA) is 65.4 Å². The summed E-state index contributed by atoms with van der Waals surface area (Å²) in [5.41, 5.74) is 1.13. The first-order valence-electron chi connectivity index (χ1n) is 10.9. The van der Waals surface area contributed by atoms with Gasteiger partial charge >= 0.3 is 0 Å². The minimum Gasteiger partial charge on any atom is -0.357 e. The zero-order chi connectivity index (χ0) is 20.3. The SMILES string of the molecule is CCNC(=NCc1ccc(N2CCCCCC2)nc1)NCCc1ncc(CC)s1. The van der Waals surface area contributed by atoms with Crippen molar-refractivity contribution in [2.24, 2.45) is 4.99 Å². The second-order valence-corrected chi connectivity index (χ2v) is 8.57. The van der Waals surface area contributed by atoms with E-state index in [4.69, 9.17) is 4.99 Å². The lowest BCUT2D eigenvalue weighted by atomic mass is 10.2. The van der Waals surface area contributed by atoms with Gasteiger partial charge in [-0.05, 0) is 37.8 Å². The number of aryl methyl sites for hydroxylation is 1. The Morgan fingerprint density at radius 3 is 2.55 bits per heavy atom. The molecule has 0 radical (unpaired) electrons. The molecular weight excluding hydrogens is 380 g/mol. The van der Waals surface area contributed by atoms with Crippen LogP contribution in [0.5, 0.6) is 0 Å². The number of hydrogen-bond acceptors (Lipinski definition) is 5. The van der Waals surface area contributed by atoms with Crippen molar-refractivity contribution in [3.63, 3.8) is 0 Å². The van der Waals surface area contributed by atoms with Crippen molar-refractivity contribution in [3.8, 4) is 0 Å². The molecule has 3 rings (SSSR count). The Balaban J connectivity index is 1.50. The number of anilines is 1. The molecule has 0 aromatic carbocycles. The molecule has 7 heteroatoms. The number of nitrogens with one attached hydrogen (secondary N) is 2. The van der Waals surface area contributed by atoms with Gasteiger partial charge in [0.25, 0.3) is 0 Å². The summed E-state index contributed by atoms with van der Waals surface area (Å²) in [6.07, 6.45) is 11.1. The van der Waals surface area contributed by atoms with Crippen molar-refractivity contribution in [1.82, 2.24) is 20.6 Å². The summed E-state index contributed by atoms with van der Waals surface area (Å²) in [7, 11) is 0. The quantitative estimate of drug-likeness (QED) is 0.508. The summed E-state index contributed by atoms with van der Waals surface area (Å²) in [4.78, 5) is 17.6. The zero-order valence-electron chi connectivity index (χ0n) is 17.8. The highest BCUT2D eigenvalue weighted by molar-refractivity contribution is 7.11.